The number of benzene rings is 2. The van der Waals surface area contributed by atoms with Crippen molar-refractivity contribution in [2.45, 2.75) is 50.1 Å². The molecule has 0 unspecified atom stereocenters. The lowest BCUT2D eigenvalue weighted by atomic mass is 10.0. The van der Waals surface area contributed by atoms with Crippen molar-refractivity contribution in [3.63, 3.8) is 0 Å². The van der Waals surface area contributed by atoms with Crippen LogP contribution in [0, 0.1) is 0 Å². The summed E-state index contributed by atoms with van der Waals surface area (Å²) in [7, 11) is 1.58. The Bertz CT molecular complexity index is 973. The topological polar surface area (TPSA) is 81.8 Å². The van der Waals surface area contributed by atoms with E-state index in [0.717, 1.165) is 17.5 Å². The van der Waals surface area contributed by atoms with Gasteiger partial charge in [0.15, 0.2) is 0 Å². The van der Waals surface area contributed by atoms with Crippen LogP contribution >= 0.6 is 12.6 Å². The lowest BCUT2D eigenvalue weighted by molar-refractivity contribution is -0.142. The van der Waals surface area contributed by atoms with Crippen LogP contribution in [0.15, 0.2) is 60.7 Å². The van der Waals surface area contributed by atoms with Crippen LogP contribution in [0.1, 0.15) is 30.9 Å². The van der Waals surface area contributed by atoms with Gasteiger partial charge in [-0.2, -0.15) is 12.6 Å². The van der Waals surface area contributed by atoms with E-state index >= 15 is 0 Å². The van der Waals surface area contributed by atoms with Gasteiger partial charge in [-0.25, -0.2) is 0 Å². The summed E-state index contributed by atoms with van der Waals surface area (Å²) < 4.78 is 0. The maximum absolute atomic E-state index is 13.8. The zero-order valence-electron chi connectivity index (χ0n) is 20.5. The highest BCUT2D eigenvalue weighted by atomic mass is 32.1. The molecule has 0 aliphatic carbocycles. The molecule has 1 aliphatic rings. The molecule has 35 heavy (non-hydrogen) atoms. The van der Waals surface area contributed by atoms with E-state index in [1.54, 1.807) is 11.9 Å². The fraction of sp³-hybridized carbons (Fsp3) is 0.444. The number of nitrogens with one attached hydrogen (secondary N) is 2. The van der Waals surface area contributed by atoms with Crippen LogP contribution in [0.4, 0.5) is 0 Å². The second kappa shape index (κ2) is 13.3. The van der Waals surface area contributed by atoms with Gasteiger partial charge in [-0.15, -0.1) is 0 Å². The van der Waals surface area contributed by atoms with Crippen molar-refractivity contribution in [3.05, 3.63) is 71.8 Å². The first-order chi connectivity index (χ1) is 16.9. The summed E-state index contributed by atoms with van der Waals surface area (Å²) in [4.78, 5) is 43.4. The quantitative estimate of drug-likeness (QED) is 0.441. The van der Waals surface area contributed by atoms with Gasteiger partial charge >= 0.3 is 0 Å². The Morgan fingerprint density at radius 2 is 1.63 bits per heavy atom. The number of hydrogen-bond donors (Lipinski definition) is 3. The first kappa shape index (κ1) is 26.8. The fourth-order valence-electron chi connectivity index (χ4n) is 4.41. The van der Waals surface area contributed by atoms with Gasteiger partial charge in [0.05, 0.1) is 5.25 Å². The molecule has 0 radical (unpaired) electrons. The Morgan fingerprint density at radius 1 is 1.00 bits per heavy atom. The maximum Gasteiger partial charge on any atom is 0.247 e. The van der Waals surface area contributed by atoms with E-state index in [9.17, 15) is 14.4 Å². The van der Waals surface area contributed by atoms with Gasteiger partial charge in [0.2, 0.25) is 17.7 Å². The molecule has 1 heterocycles. The summed E-state index contributed by atoms with van der Waals surface area (Å²) in [6.45, 7) is 4.00. The van der Waals surface area contributed by atoms with Crippen molar-refractivity contribution < 1.29 is 14.4 Å². The number of carbonyl (C=O) groups is 3. The highest BCUT2D eigenvalue weighted by Crippen LogP contribution is 2.17. The van der Waals surface area contributed by atoms with Crippen molar-refractivity contribution >= 4 is 30.4 Å². The van der Waals surface area contributed by atoms with E-state index < -0.39 is 17.3 Å². The molecule has 0 saturated carbocycles. The molecule has 1 aliphatic heterocycles. The molecule has 1 fully saturated rings. The molecule has 7 nitrogen and oxygen atoms in total. The minimum atomic E-state index is -0.761. The van der Waals surface area contributed by atoms with Crippen molar-refractivity contribution in [2.75, 3.05) is 26.7 Å². The lowest BCUT2D eigenvalue weighted by Crippen LogP contribution is -2.57. The molecule has 0 aromatic heterocycles. The number of carbonyl (C=O) groups excluding carboxylic acids is 3. The van der Waals surface area contributed by atoms with E-state index in [1.165, 1.54) is 0 Å². The van der Waals surface area contributed by atoms with Crippen LogP contribution in [0.3, 0.4) is 0 Å². The summed E-state index contributed by atoms with van der Waals surface area (Å²) in [5, 5.41) is 5.17. The van der Waals surface area contributed by atoms with E-state index in [2.05, 4.69) is 28.2 Å². The van der Waals surface area contributed by atoms with Gasteiger partial charge in [0.25, 0.3) is 0 Å². The van der Waals surface area contributed by atoms with E-state index in [0.29, 0.717) is 39.0 Å². The Kier molecular flexibility index (Phi) is 10.2. The number of nitrogens with zero attached hydrogens (tertiary/aromatic N) is 2. The highest BCUT2D eigenvalue weighted by Gasteiger charge is 2.38. The summed E-state index contributed by atoms with van der Waals surface area (Å²) in [5.74, 6) is -0.716. The summed E-state index contributed by atoms with van der Waals surface area (Å²) >= 11 is 4.43. The lowest BCUT2D eigenvalue weighted by Gasteiger charge is -2.31. The molecule has 3 atom stereocenters. The van der Waals surface area contributed by atoms with Crippen molar-refractivity contribution in [3.8, 4) is 0 Å². The largest absolute Gasteiger partial charge is 0.357 e. The Balaban J connectivity index is 1.87. The third kappa shape index (κ3) is 7.57. The van der Waals surface area contributed by atoms with Crippen molar-refractivity contribution in [1.29, 1.82) is 0 Å². The van der Waals surface area contributed by atoms with Gasteiger partial charge < -0.3 is 15.5 Å². The molecule has 1 saturated heterocycles. The van der Waals surface area contributed by atoms with Gasteiger partial charge in [0.1, 0.15) is 12.1 Å². The number of likely N-dealkylation sites (N-methyl/N-ethyl adjacent to an activating group) is 1. The smallest absolute Gasteiger partial charge is 0.247 e. The normalized spacial score (nSPS) is 18.4. The Hall–Kier alpha value is -2.84. The van der Waals surface area contributed by atoms with E-state index in [1.807, 2.05) is 67.6 Å². The molecular weight excluding hydrogens is 460 g/mol. The molecule has 0 bridgehead atoms. The maximum atomic E-state index is 13.8. The molecule has 8 heteroatoms. The zero-order valence-corrected chi connectivity index (χ0v) is 21.4. The average Bonchev–Trinajstić information content (AvgIpc) is 3.02. The number of amides is 3. The summed E-state index contributed by atoms with van der Waals surface area (Å²) in [5.41, 5.74) is 2.10. The van der Waals surface area contributed by atoms with Crippen LogP contribution in [-0.4, -0.2) is 71.5 Å². The Labute approximate surface area is 213 Å². The second-order valence-corrected chi connectivity index (χ2v) is 9.56. The molecule has 2 aromatic carbocycles. The third-order valence-corrected chi connectivity index (χ3v) is 6.80. The standard InChI is InChI=1S/C27H36N4O3S/c1-3-10-24(35)26(33)29-22-19-30(18-21-13-8-5-9-14-21)15-16-31(27(22)34)23(25(32)28-2)17-20-11-6-4-7-12-20/h4-9,11-14,22-24,35H,3,10,15-19H2,1-2H3,(H,28,32)(H,29,33)/t22-,23-,24+/m0/s1. The number of thiol groups is 1. The SMILES string of the molecule is CCC[C@@H](S)C(=O)N[C@H]1CN(Cc2ccccc2)CCN([C@@H](Cc2ccccc2)C(=O)NC)C1=O. The van der Waals surface area contributed by atoms with Crippen LogP contribution in [0.2, 0.25) is 0 Å². The molecule has 3 amide bonds. The first-order valence-electron chi connectivity index (χ1n) is 12.2. The van der Waals surface area contributed by atoms with Crippen LogP contribution < -0.4 is 10.6 Å². The van der Waals surface area contributed by atoms with E-state index in [-0.39, 0.29) is 17.7 Å². The predicted octanol–water partition coefficient (Wildman–Crippen LogP) is 2.27. The second-order valence-electron chi connectivity index (χ2n) is 8.94. The third-order valence-electron chi connectivity index (χ3n) is 6.31. The van der Waals surface area contributed by atoms with Crippen LogP contribution in [-0.2, 0) is 27.3 Å². The highest BCUT2D eigenvalue weighted by molar-refractivity contribution is 7.81. The van der Waals surface area contributed by atoms with Gasteiger partial charge in [0, 0.05) is 39.6 Å². The van der Waals surface area contributed by atoms with E-state index in [4.69, 9.17) is 0 Å². The molecule has 2 aromatic rings. The fourth-order valence-corrected chi connectivity index (χ4v) is 4.74. The molecular formula is C27H36N4O3S. The number of hydrogen-bond acceptors (Lipinski definition) is 5. The van der Waals surface area contributed by atoms with Crippen molar-refractivity contribution in [2.24, 2.45) is 0 Å². The Morgan fingerprint density at radius 3 is 2.23 bits per heavy atom. The monoisotopic (exact) mass is 496 g/mol. The van der Waals surface area contributed by atoms with Crippen LogP contribution in [0.25, 0.3) is 0 Å². The zero-order chi connectivity index (χ0) is 25.2. The molecule has 188 valence electrons. The van der Waals surface area contributed by atoms with Gasteiger partial charge in [-0.3, -0.25) is 19.3 Å². The summed E-state index contributed by atoms with van der Waals surface area (Å²) in [6.07, 6.45) is 1.85. The molecule has 2 N–H and O–H groups in total. The average molecular weight is 497 g/mol. The van der Waals surface area contributed by atoms with Gasteiger partial charge in [-0.05, 0) is 17.5 Å². The molecule has 0 spiro atoms. The number of rotatable bonds is 10. The summed E-state index contributed by atoms with van der Waals surface area (Å²) in [6, 6.07) is 18.3. The van der Waals surface area contributed by atoms with Crippen molar-refractivity contribution in [1.82, 2.24) is 20.4 Å². The predicted molar refractivity (Wildman–Crippen MR) is 141 cm³/mol. The van der Waals surface area contributed by atoms with Gasteiger partial charge in [-0.1, -0.05) is 74.0 Å². The first-order valence-corrected chi connectivity index (χ1v) is 12.7. The molecule has 3 rings (SSSR count). The minimum Gasteiger partial charge on any atom is -0.357 e. The minimum absolute atomic E-state index is 0.221. The van der Waals surface area contributed by atoms with Crippen LogP contribution in [0.5, 0.6) is 0 Å².